The Morgan fingerprint density at radius 2 is 1.70 bits per heavy atom. The molecule has 6 rings (SSSR count). The van der Waals surface area contributed by atoms with Gasteiger partial charge in [-0.15, -0.1) is 0 Å². The third-order valence-electron chi connectivity index (χ3n) is 10.1. The molecule has 2 atom stereocenters. The number of carbonyl (C=O) groups excluding carboxylic acids is 2. The van der Waals surface area contributed by atoms with Crippen LogP contribution in [0.15, 0.2) is 102 Å². The zero-order valence-corrected chi connectivity index (χ0v) is 30.7. The summed E-state index contributed by atoms with van der Waals surface area (Å²) in [5.74, 6) is -1.11. The summed E-state index contributed by atoms with van der Waals surface area (Å²) in [6.07, 6.45) is 0.410. The molecule has 1 saturated heterocycles. The molecule has 292 valence electrons. The topological polar surface area (TPSA) is 211 Å². The smallest absolute Gasteiger partial charge is 0.345 e. The molecule has 0 saturated carbocycles. The monoisotopic (exact) mass is 764 g/mol. The number of hydrogen-bond acceptors (Lipinski definition) is 10. The molecule has 5 aromatic rings. The van der Waals surface area contributed by atoms with Crippen LogP contribution in [0.25, 0.3) is 10.9 Å². The van der Waals surface area contributed by atoms with Crippen molar-refractivity contribution in [1.82, 2.24) is 20.5 Å². The Labute approximate surface area is 322 Å². The van der Waals surface area contributed by atoms with Crippen LogP contribution in [0.5, 0.6) is 17.2 Å². The van der Waals surface area contributed by atoms with Crippen LogP contribution in [0, 0.1) is 5.92 Å². The fraction of sp³-hybridized carbons (Fsp3) is 0.286. The van der Waals surface area contributed by atoms with E-state index in [-0.39, 0.29) is 52.9 Å². The molecule has 56 heavy (non-hydrogen) atoms. The van der Waals surface area contributed by atoms with Crippen LogP contribution in [0.1, 0.15) is 51.6 Å². The lowest BCUT2D eigenvalue weighted by molar-refractivity contribution is -0.155. The molecular formula is C42H44N4O10. The van der Waals surface area contributed by atoms with Gasteiger partial charge in [-0.05, 0) is 66.3 Å². The van der Waals surface area contributed by atoms with Gasteiger partial charge in [0.1, 0.15) is 17.2 Å². The van der Waals surface area contributed by atoms with Crippen LogP contribution in [0.3, 0.4) is 0 Å². The van der Waals surface area contributed by atoms with Gasteiger partial charge < -0.3 is 50.4 Å². The summed E-state index contributed by atoms with van der Waals surface area (Å²) in [5.41, 5.74) is -0.358. The van der Waals surface area contributed by atoms with Gasteiger partial charge in [-0.1, -0.05) is 54.6 Å². The third kappa shape index (κ3) is 8.84. The molecule has 1 fully saturated rings. The molecule has 14 heteroatoms. The van der Waals surface area contributed by atoms with E-state index in [9.17, 15) is 39.6 Å². The number of aliphatic carboxylic acids is 1. The first kappa shape index (κ1) is 39.5. The summed E-state index contributed by atoms with van der Waals surface area (Å²) in [6.45, 7) is 1.61. The third-order valence-corrected chi connectivity index (χ3v) is 10.1. The lowest BCUT2D eigenvalue weighted by Crippen LogP contribution is -2.44. The molecular weight excluding hydrogens is 720 g/mol. The van der Waals surface area contributed by atoms with E-state index in [1.165, 1.54) is 25.3 Å². The molecule has 1 aromatic heterocycles. The SMILES string of the molecule is COc1cc(C(=O)NCC(=O)N2CCC(COc3cccc([C@](O)(C(=O)O)c4ccccc4)c3)CC2)ccc1CNC[C@H](O)c1ccc(O)c2[nH]c(=O)ccc12. The number of piperidine rings is 1. The number of fused-ring (bicyclic) bond motifs is 1. The van der Waals surface area contributed by atoms with Crippen LogP contribution in [0.2, 0.25) is 0 Å². The summed E-state index contributed by atoms with van der Waals surface area (Å²) in [5, 5.41) is 48.5. The number of methoxy groups -OCH3 is 1. The normalized spacial score (nSPS) is 14.8. The average molecular weight is 765 g/mol. The van der Waals surface area contributed by atoms with Crippen LogP contribution >= 0.6 is 0 Å². The highest BCUT2D eigenvalue weighted by molar-refractivity contribution is 5.97. The lowest BCUT2D eigenvalue weighted by Gasteiger charge is -2.32. The number of aromatic amines is 1. The average Bonchev–Trinajstić information content (AvgIpc) is 3.22. The van der Waals surface area contributed by atoms with Crippen molar-refractivity contribution in [2.75, 3.05) is 39.9 Å². The number of carboxylic acids is 1. The Kier molecular flexibility index (Phi) is 12.3. The van der Waals surface area contributed by atoms with Crippen molar-refractivity contribution in [2.45, 2.75) is 31.1 Å². The highest BCUT2D eigenvalue weighted by Gasteiger charge is 2.40. The maximum Gasteiger partial charge on any atom is 0.345 e. The maximum absolute atomic E-state index is 13.0. The van der Waals surface area contributed by atoms with Gasteiger partial charge in [0.05, 0.1) is 31.9 Å². The van der Waals surface area contributed by atoms with Gasteiger partial charge >= 0.3 is 5.97 Å². The van der Waals surface area contributed by atoms with Gasteiger partial charge in [0, 0.05) is 54.3 Å². The Morgan fingerprint density at radius 3 is 2.43 bits per heavy atom. The van der Waals surface area contributed by atoms with Crippen molar-refractivity contribution in [3.63, 3.8) is 0 Å². The minimum atomic E-state index is -2.24. The van der Waals surface area contributed by atoms with Crippen molar-refractivity contribution in [2.24, 2.45) is 5.92 Å². The number of nitrogens with one attached hydrogen (secondary N) is 3. The molecule has 14 nitrogen and oxygen atoms in total. The Morgan fingerprint density at radius 1 is 0.946 bits per heavy atom. The van der Waals surface area contributed by atoms with Crippen molar-refractivity contribution >= 4 is 28.7 Å². The molecule has 2 amide bonds. The second-order valence-electron chi connectivity index (χ2n) is 13.7. The fourth-order valence-corrected chi connectivity index (χ4v) is 6.87. The molecule has 4 aromatic carbocycles. The Bertz CT molecular complexity index is 2250. The molecule has 7 N–H and O–H groups in total. The first-order valence-electron chi connectivity index (χ1n) is 18.2. The molecule has 0 bridgehead atoms. The van der Waals surface area contributed by atoms with Gasteiger partial charge in [-0.3, -0.25) is 14.4 Å². The number of ether oxygens (including phenoxy) is 2. The molecule has 0 unspecified atom stereocenters. The van der Waals surface area contributed by atoms with Crippen LogP contribution in [0.4, 0.5) is 0 Å². The van der Waals surface area contributed by atoms with Crippen LogP contribution < -0.4 is 25.7 Å². The van der Waals surface area contributed by atoms with Crippen LogP contribution in [-0.4, -0.2) is 88.0 Å². The first-order valence-corrected chi connectivity index (χ1v) is 18.2. The van der Waals surface area contributed by atoms with Crippen molar-refractivity contribution in [3.05, 3.63) is 135 Å². The van der Waals surface area contributed by atoms with E-state index in [1.54, 1.807) is 83.8 Å². The highest BCUT2D eigenvalue weighted by Crippen LogP contribution is 2.33. The minimum Gasteiger partial charge on any atom is -0.506 e. The first-order chi connectivity index (χ1) is 27.0. The van der Waals surface area contributed by atoms with Gasteiger partial charge in [-0.2, -0.15) is 0 Å². The molecule has 0 spiro atoms. The minimum absolute atomic E-state index is 0.0931. The van der Waals surface area contributed by atoms with E-state index in [2.05, 4.69) is 15.6 Å². The molecule has 2 heterocycles. The van der Waals surface area contributed by atoms with Crippen molar-refractivity contribution < 1.29 is 44.3 Å². The maximum atomic E-state index is 13.0. The predicted octanol–water partition coefficient (Wildman–Crippen LogP) is 3.43. The number of amides is 2. The van der Waals surface area contributed by atoms with Crippen LogP contribution in [-0.2, 0) is 21.7 Å². The summed E-state index contributed by atoms with van der Waals surface area (Å²) < 4.78 is 11.5. The van der Waals surface area contributed by atoms with Crippen molar-refractivity contribution in [1.29, 1.82) is 0 Å². The number of aromatic hydroxyl groups is 1. The van der Waals surface area contributed by atoms with E-state index < -0.39 is 23.6 Å². The highest BCUT2D eigenvalue weighted by atomic mass is 16.5. The number of aliphatic hydroxyl groups excluding tert-OH is 1. The number of carbonyl (C=O) groups is 3. The number of phenolic OH excluding ortho intramolecular Hbond substituents is 1. The van der Waals surface area contributed by atoms with E-state index >= 15 is 0 Å². The van der Waals surface area contributed by atoms with Gasteiger partial charge in [0.2, 0.25) is 17.1 Å². The van der Waals surface area contributed by atoms with E-state index in [1.807, 2.05) is 0 Å². The zero-order chi connectivity index (χ0) is 39.8. The molecule has 0 aliphatic carbocycles. The van der Waals surface area contributed by atoms with E-state index in [0.717, 1.165) is 5.56 Å². The van der Waals surface area contributed by atoms with Gasteiger partial charge in [-0.25, -0.2) is 4.79 Å². The van der Waals surface area contributed by atoms with Gasteiger partial charge in [0.25, 0.3) is 5.91 Å². The number of aromatic nitrogens is 1. The van der Waals surface area contributed by atoms with E-state index in [0.29, 0.717) is 67.1 Å². The Hall–Kier alpha value is -6.22. The van der Waals surface area contributed by atoms with Gasteiger partial charge in [0.15, 0.2) is 0 Å². The number of hydrogen-bond donors (Lipinski definition) is 7. The summed E-state index contributed by atoms with van der Waals surface area (Å²) in [7, 11) is 1.49. The lowest BCUT2D eigenvalue weighted by atomic mass is 9.86. The zero-order valence-electron chi connectivity index (χ0n) is 30.7. The number of pyridine rings is 1. The summed E-state index contributed by atoms with van der Waals surface area (Å²) in [6, 6.07) is 25.5. The number of nitrogens with zero attached hydrogens (tertiary/aromatic N) is 1. The predicted molar refractivity (Wildman–Crippen MR) is 207 cm³/mol. The number of carboxylic acid groups (broad SMARTS) is 1. The number of benzene rings is 4. The fourth-order valence-electron chi connectivity index (χ4n) is 6.87. The number of H-pyrrole nitrogens is 1. The van der Waals surface area contributed by atoms with Crippen molar-refractivity contribution in [3.8, 4) is 17.2 Å². The quantitative estimate of drug-likeness (QED) is 0.0821. The number of likely N-dealkylation sites (tertiary alicyclic amines) is 1. The standard InChI is InChI=1S/C42H44N4O10/c1-55-36-20-27(10-11-28(36)22-43-23-35(48)32-12-14-34(47)39-33(32)13-15-37(49)45-39)40(51)44-24-38(50)46-18-16-26(17-19-46)25-56-31-9-5-8-30(21-31)42(54,41(52)53)29-6-3-2-4-7-29/h2-15,20-21,26,35,43,47-48,54H,16-19,22-25H2,1H3,(H,44,51)(H,45,49)(H,52,53)/t35-,42-/m0/s1. The Balaban J connectivity index is 0.952. The number of aliphatic hydroxyl groups is 2. The molecule has 0 radical (unpaired) electrons. The molecule has 1 aliphatic heterocycles. The second kappa shape index (κ2) is 17.5. The summed E-state index contributed by atoms with van der Waals surface area (Å²) >= 11 is 0. The van der Waals surface area contributed by atoms with E-state index in [4.69, 9.17) is 9.47 Å². The largest absolute Gasteiger partial charge is 0.506 e. The second-order valence-corrected chi connectivity index (χ2v) is 13.7. The number of rotatable bonds is 15. The summed E-state index contributed by atoms with van der Waals surface area (Å²) in [4.78, 5) is 54.2. The molecule has 1 aliphatic rings. The number of phenols is 1.